The van der Waals surface area contributed by atoms with Crippen molar-refractivity contribution in [1.82, 2.24) is 9.80 Å². The summed E-state index contributed by atoms with van der Waals surface area (Å²) in [4.78, 5) is 16.7. The van der Waals surface area contributed by atoms with Crippen LogP contribution < -0.4 is 0 Å². The van der Waals surface area contributed by atoms with Gasteiger partial charge in [-0.15, -0.1) is 0 Å². The molecule has 1 aromatic rings. The molecule has 2 rings (SSSR count). The van der Waals surface area contributed by atoms with Gasteiger partial charge in [0.15, 0.2) is 0 Å². The third-order valence-electron chi connectivity index (χ3n) is 3.84. The highest BCUT2D eigenvalue weighted by atomic mass is 16.3. The fourth-order valence-electron chi connectivity index (χ4n) is 2.64. The number of piperazine rings is 1. The van der Waals surface area contributed by atoms with Crippen molar-refractivity contribution >= 4 is 5.91 Å². The van der Waals surface area contributed by atoms with Crippen molar-refractivity contribution < 1.29 is 9.90 Å². The van der Waals surface area contributed by atoms with Gasteiger partial charge in [0, 0.05) is 25.7 Å². The molecule has 0 aromatic heterocycles. The third-order valence-corrected chi connectivity index (χ3v) is 3.84. The molecular weight excluding hydrogens is 240 g/mol. The lowest BCUT2D eigenvalue weighted by Crippen LogP contribution is -2.53. The fraction of sp³-hybridized carbons (Fsp3) is 0.533. The summed E-state index contributed by atoms with van der Waals surface area (Å²) in [5, 5.41) is 9.84. The number of phenols is 1. The average molecular weight is 262 g/mol. The van der Waals surface area contributed by atoms with Gasteiger partial charge in [-0.2, -0.15) is 0 Å². The number of hydrogen-bond acceptors (Lipinski definition) is 3. The average Bonchev–Trinajstić information content (AvgIpc) is 2.40. The molecule has 4 nitrogen and oxygen atoms in total. The van der Waals surface area contributed by atoms with Crippen molar-refractivity contribution in [2.24, 2.45) is 0 Å². The van der Waals surface area contributed by atoms with Crippen molar-refractivity contribution in [2.45, 2.75) is 26.8 Å². The number of hydrogen-bond donors (Lipinski definition) is 1. The first-order valence-corrected chi connectivity index (χ1v) is 6.86. The molecule has 4 heteroatoms. The van der Waals surface area contributed by atoms with Crippen LogP contribution in [0, 0.1) is 6.92 Å². The maximum Gasteiger partial charge on any atom is 0.257 e. The maximum atomic E-state index is 12.5. The number of carbonyl (C=O) groups excluding carboxylic acids is 1. The van der Waals surface area contributed by atoms with Crippen LogP contribution in [0.1, 0.15) is 29.8 Å². The Morgan fingerprint density at radius 1 is 1.42 bits per heavy atom. The van der Waals surface area contributed by atoms with E-state index < -0.39 is 0 Å². The number of aryl methyl sites for hydroxylation is 1. The van der Waals surface area contributed by atoms with E-state index in [0.29, 0.717) is 11.6 Å². The first-order chi connectivity index (χ1) is 9.02. The SMILES string of the molecule is CCN1CCN(C(=O)c2cc(C)ccc2O)CC1C. The summed E-state index contributed by atoms with van der Waals surface area (Å²) >= 11 is 0. The van der Waals surface area contributed by atoms with Gasteiger partial charge in [0.25, 0.3) is 5.91 Å². The molecule has 1 amide bonds. The van der Waals surface area contributed by atoms with E-state index in [0.717, 1.165) is 31.7 Å². The molecule has 104 valence electrons. The molecule has 1 aliphatic rings. The van der Waals surface area contributed by atoms with E-state index in [1.807, 2.05) is 17.9 Å². The van der Waals surface area contributed by atoms with Gasteiger partial charge >= 0.3 is 0 Å². The van der Waals surface area contributed by atoms with Gasteiger partial charge in [0.05, 0.1) is 5.56 Å². The number of benzene rings is 1. The lowest BCUT2D eigenvalue weighted by atomic mass is 10.1. The molecule has 1 aliphatic heterocycles. The van der Waals surface area contributed by atoms with Crippen molar-refractivity contribution in [3.05, 3.63) is 29.3 Å². The van der Waals surface area contributed by atoms with Crippen molar-refractivity contribution in [3.63, 3.8) is 0 Å². The second kappa shape index (κ2) is 5.61. The molecule has 0 spiro atoms. The second-order valence-electron chi connectivity index (χ2n) is 5.25. The van der Waals surface area contributed by atoms with Gasteiger partial charge in [-0.05, 0) is 32.5 Å². The van der Waals surface area contributed by atoms with Crippen LogP contribution in [-0.2, 0) is 0 Å². The van der Waals surface area contributed by atoms with Gasteiger partial charge in [-0.3, -0.25) is 9.69 Å². The smallest absolute Gasteiger partial charge is 0.257 e. The first kappa shape index (κ1) is 13.9. The van der Waals surface area contributed by atoms with Gasteiger partial charge in [0.2, 0.25) is 0 Å². The summed E-state index contributed by atoms with van der Waals surface area (Å²) in [7, 11) is 0. The highest BCUT2D eigenvalue weighted by Crippen LogP contribution is 2.21. The van der Waals surface area contributed by atoms with Crippen LogP contribution in [-0.4, -0.2) is 53.0 Å². The third kappa shape index (κ3) is 2.89. The molecule has 1 unspecified atom stereocenters. The predicted octanol–water partition coefficient (Wildman–Crippen LogP) is 1.87. The van der Waals surface area contributed by atoms with E-state index in [1.54, 1.807) is 12.1 Å². The van der Waals surface area contributed by atoms with Gasteiger partial charge < -0.3 is 10.0 Å². The fourth-order valence-corrected chi connectivity index (χ4v) is 2.64. The quantitative estimate of drug-likeness (QED) is 0.885. The summed E-state index contributed by atoms with van der Waals surface area (Å²) in [5.74, 6) is 0.00461. The van der Waals surface area contributed by atoms with E-state index in [9.17, 15) is 9.90 Å². The molecule has 0 aliphatic carbocycles. The predicted molar refractivity (Wildman–Crippen MR) is 75.5 cm³/mol. The summed E-state index contributed by atoms with van der Waals surface area (Å²) in [6, 6.07) is 5.53. The summed E-state index contributed by atoms with van der Waals surface area (Å²) in [6.45, 7) is 9.56. The Kier molecular flexibility index (Phi) is 4.10. The van der Waals surface area contributed by atoms with Gasteiger partial charge in [-0.1, -0.05) is 18.6 Å². The van der Waals surface area contributed by atoms with Gasteiger partial charge in [0.1, 0.15) is 5.75 Å². The standard InChI is InChI=1S/C15H22N2O2/c1-4-16-7-8-17(10-12(16)3)15(19)13-9-11(2)5-6-14(13)18/h5-6,9,12,18H,4,7-8,10H2,1-3H3. The molecule has 1 fully saturated rings. The zero-order chi connectivity index (χ0) is 14.0. The topological polar surface area (TPSA) is 43.8 Å². The summed E-state index contributed by atoms with van der Waals surface area (Å²) in [5.41, 5.74) is 1.40. The van der Waals surface area contributed by atoms with Crippen molar-refractivity contribution in [3.8, 4) is 5.75 Å². The van der Waals surface area contributed by atoms with Crippen LogP contribution in [0.25, 0.3) is 0 Å². The molecule has 1 heterocycles. The van der Waals surface area contributed by atoms with E-state index >= 15 is 0 Å². The van der Waals surface area contributed by atoms with E-state index in [-0.39, 0.29) is 11.7 Å². The van der Waals surface area contributed by atoms with Crippen LogP contribution in [0.5, 0.6) is 5.75 Å². The Morgan fingerprint density at radius 2 is 2.16 bits per heavy atom. The number of carbonyl (C=O) groups is 1. The highest BCUT2D eigenvalue weighted by molar-refractivity contribution is 5.97. The summed E-state index contributed by atoms with van der Waals surface area (Å²) in [6.07, 6.45) is 0. The molecular formula is C15H22N2O2. The number of aromatic hydroxyl groups is 1. The van der Waals surface area contributed by atoms with E-state index in [1.165, 1.54) is 0 Å². The van der Waals surface area contributed by atoms with E-state index in [2.05, 4.69) is 18.7 Å². The molecule has 1 N–H and O–H groups in total. The number of rotatable bonds is 2. The number of phenolic OH excluding ortho intramolecular Hbond substituents is 1. The highest BCUT2D eigenvalue weighted by Gasteiger charge is 2.27. The lowest BCUT2D eigenvalue weighted by Gasteiger charge is -2.39. The second-order valence-corrected chi connectivity index (χ2v) is 5.25. The van der Waals surface area contributed by atoms with Crippen LogP contribution in [0.15, 0.2) is 18.2 Å². The largest absolute Gasteiger partial charge is 0.507 e. The van der Waals surface area contributed by atoms with Crippen molar-refractivity contribution in [1.29, 1.82) is 0 Å². The monoisotopic (exact) mass is 262 g/mol. The van der Waals surface area contributed by atoms with Crippen LogP contribution in [0.4, 0.5) is 0 Å². The Balaban J connectivity index is 2.14. The minimum atomic E-state index is -0.0659. The number of nitrogens with zero attached hydrogens (tertiary/aromatic N) is 2. The lowest BCUT2D eigenvalue weighted by molar-refractivity contribution is 0.0525. The normalized spacial score (nSPS) is 20.6. The zero-order valence-electron chi connectivity index (χ0n) is 11.9. The molecule has 1 saturated heterocycles. The minimum absolute atomic E-state index is 0.0659. The molecule has 1 aromatic carbocycles. The maximum absolute atomic E-state index is 12.5. The Bertz CT molecular complexity index is 473. The Morgan fingerprint density at radius 3 is 2.79 bits per heavy atom. The molecule has 19 heavy (non-hydrogen) atoms. The van der Waals surface area contributed by atoms with Crippen molar-refractivity contribution in [2.75, 3.05) is 26.2 Å². The Hall–Kier alpha value is -1.55. The van der Waals surface area contributed by atoms with E-state index in [4.69, 9.17) is 0 Å². The van der Waals surface area contributed by atoms with Crippen LogP contribution in [0.2, 0.25) is 0 Å². The zero-order valence-corrected chi connectivity index (χ0v) is 11.9. The molecule has 0 radical (unpaired) electrons. The van der Waals surface area contributed by atoms with Crippen LogP contribution >= 0.6 is 0 Å². The summed E-state index contributed by atoms with van der Waals surface area (Å²) < 4.78 is 0. The Labute approximate surface area is 114 Å². The number of amides is 1. The molecule has 1 atom stereocenters. The minimum Gasteiger partial charge on any atom is -0.507 e. The first-order valence-electron chi connectivity index (χ1n) is 6.86. The van der Waals surface area contributed by atoms with Crippen LogP contribution in [0.3, 0.4) is 0 Å². The number of likely N-dealkylation sites (N-methyl/N-ethyl adjacent to an activating group) is 1. The molecule has 0 bridgehead atoms. The molecule has 0 saturated carbocycles. The van der Waals surface area contributed by atoms with Gasteiger partial charge in [-0.25, -0.2) is 0 Å².